The second-order valence-corrected chi connectivity index (χ2v) is 6.65. The molecule has 1 N–H and O–H groups in total. The minimum Gasteiger partial charge on any atom is -0.353 e. The van der Waals surface area contributed by atoms with Gasteiger partial charge in [0.1, 0.15) is 0 Å². The molecular weight excluding hydrogens is 316 g/mol. The molecule has 0 saturated carbocycles. The highest BCUT2D eigenvalue weighted by Crippen LogP contribution is 2.36. The molecule has 0 spiro atoms. The largest absolute Gasteiger partial charge is 0.353 e. The first-order valence-electron chi connectivity index (χ1n) is 8.83. The van der Waals surface area contributed by atoms with Crippen LogP contribution >= 0.6 is 0 Å². The van der Waals surface area contributed by atoms with Crippen molar-refractivity contribution in [2.24, 2.45) is 0 Å². The van der Waals surface area contributed by atoms with E-state index >= 15 is 0 Å². The van der Waals surface area contributed by atoms with Gasteiger partial charge >= 0.3 is 0 Å². The van der Waals surface area contributed by atoms with E-state index in [-0.39, 0.29) is 0 Å². The molecule has 0 amide bonds. The molecule has 0 atom stereocenters. The van der Waals surface area contributed by atoms with Crippen LogP contribution < -0.4 is 5.32 Å². The van der Waals surface area contributed by atoms with Crippen molar-refractivity contribution in [2.75, 3.05) is 5.32 Å². The van der Waals surface area contributed by atoms with Gasteiger partial charge in [-0.3, -0.25) is 4.98 Å². The number of aromatic nitrogens is 1. The van der Waals surface area contributed by atoms with E-state index in [4.69, 9.17) is 4.98 Å². The Morgan fingerprint density at radius 2 is 1.31 bits per heavy atom. The third-order valence-corrected chi connectivity index (χ3v) is 4.89. The van der Waals surface area contributed by atoms with Crippen molar-refractivity contribution in [3.63, 3.8) is 0 Å². The van der Waals surface area contributed by atoms with E-state index in [2.05, 4.69) is 90.2 Å². The van der Waals surface area contributed by atoms with Gasteiger partial charge in [-0.25, -0.2) is 0 Å². The number of pyridine rings is 1. The summed E-state index contributed by atoms with van der Waals surface area (Å²) in [6, 6.07) is 29.8. The zero-order valence-corrected chi connectivity index (χ0v) is 14.5. The highest BCUT2D eigenvalue weighted by molar-refractivity contribution is 6.13. The highest BCUT2D eigenvalue weighted by Gasteiger charge is 2.10. The number of nitrogens with one attached hydrogen (secondary N) is 1. The van der Waals surface area contributed by atoms with Gasteiger partial charge in [0.25, 0.3) is 0 Å². The monoisotopic (exact) mass is 334 g/mol. The van der Waals surface area contributed by atoms with Crippen molar-refractivity contribution < 1.29 is 0 Å². The number of para-hydroxylation sites is 1. The number of nitrogens with zero attached hydrogens (tertiary/aromatic N) is 1. The Hall–Kier alpha value is -3.39. The quantitative estimate of drug-likeness (QED) is 0.368. The molecule has 0 saturated heterocycles. The molecule has 0 unspecified atom stereocenters. The zero-order chi connectivity index (χ0) is 17.5. The number of hydrogen-bond donors (Lipinski definition) is 1. The zero-order valence-electron chi connectivity index (χ0n) is 14.5. The number of hydrogen-bond acceptors (Lipinski definition) is 2. The van der Waals surface area contributed by atoms with E-state index in [9.17, 15) is 0 Å². The van der Waals surface area contributed by atoms with Gasteiger partial charge in [0.15, 0.2) is 0 Å². The Bertz CT molecular complexity index is 1220. The number of anilines is 2. The van der Waals surface area contributed by atoms with Crippen LogP contribution in [0.15, 0.2) is 84.9 Å². The molecule has 0 aliphatic carbocycles. The van der Waals surface area contributed by atoms with Crippen molar-refractivity contribution in [1.29, 1.82) is 0 Å². The predicted molar refractivity (Wildman–Crippen MR) is 111 cm³/mol. The molecule has 1 heterocycles. The fourth-order valence-corrected chi connectivity index (χ4v) is 3.63. The van der Waals surface area contributed by atoms with E-state index in [0.717, 1.165) is 28.0 Å². The fraction of sp³-hybridized carbons (Fsp3) is 0.0417. The number of aryl methyl sites for hydroxylation is 1. The molecular formula is C24H18N2. The maximum atomic E-state index is 4.77. The third-order valence-electron chi connectivity index (χ3n) is 4.89. The Balaban J connectivity index is 1.80. The normalized spacial score (nSPS) is 11.3. The smallest absolute Gasteiger partial charge is 0.0939 e. The number of fused-ring (bicyclic) bond motifs is 3. The van der Waals surface area contributed by atoms with E-state index in [1.165, 1.54) is 21.5 Å². The minimum absolute atomic E-state index is 1.00. The van der Waals surface area contributed by atoms with Crippen LogP contribution in [0.5, 0.6) is 0 Å². The summed E-state index contributed by atoms with van der Waals surface area (Å²) in [5.41, 5.74) is 4.20. The topological polar surface area (TPSA) is 24.9 Å². The van der Waals surface area contributed by atoms with Crippen molar-refractivity contribution >= 4 is 43.8 Å². The molecule has 0 fully saturated rings. The van der Waals surface area contributed by atoms with Gasteiger partial charge in [0.2, 0.25) is 0 Å². The molecule has 5 aromatic rings. The van der Waals surface area contributed by atoms with Gasteiger partial charge in [0.05, 0.1) is 16.9 Å². The van der Waals surface area contributed by atoms with E-state index in [1.807, 2.05) is 6.92 Å². The Morgan fingerprint density at radius 3 is 2.04 bits per heavy atom. The molecule has 5 rings (SSSR count). The standard InChI is InChI=1S/C24H18N2/c1-16-13-14-17-9-6-12-22(23(17)25-16)26-24-20-10-4-2-7-18(20)15-19-8-3-5-11-21(19)24/h2-15,26H,1H3. The second kappa shape index (κ2) is 5.85. The SMILES string of the molecule is Cc1ccc2cccc(Nc3c4ccccc4cc4ccccc34)c2n1. The summed E-state index contributed by atoms with van der Waals surface area (Å²) in [6.07, 6.45) is 0. The lowest BCUT2D eigenvalue weighted by molar-refractivity contribution is 1.25. The van der Waals surface area contributed by atoms with Gasteiger partial charge < -0.3 is 5.32 Å². The van der Waals surface area contributed by atoms with Crippen LogP contribution in [0.25, 0.3) is 32.4 Å². The van der Waals surface area contributed by atoms with Crippen molar-refractivity contribution in [1.82, 2.24) is 4.98 Å². The molecule has 124 valence electrons. The van der Waals surface area contributed by atoms with Crippen molar-refractivity contribution in [3.8, 4) is 0 Å². The Labute approximate surface area is 152 Å². The lowest BCUT2D eigenvalue weighted by Crippen LogP contribution is -1.96. The van der Waals surface area contributed by atoms with Crippen LogP contribution in [0.4, 0.5) is 11.4 Å². The van der Waals surface area contributed by atoms with Gasteiger partial charge in [-0.05, 0) is 35.9 Å². The average Bonchev–Trinajstić information content (AvgIpc) is 2.68. The molecule has 0 radical (unpaired) electrons. The predicted octanol–water partition coefficient (Wildman–Crippen LogP) is 6.59. The molecule has 2 heteroatoms. The summed E-state index contributed by atoms with van der Waals surface area (Å²) in [5, 5.41) is 9.75. The van der Waals surface area contributed by atoms with E-state index < -0.39 is 0 Å². The molecule has 0 aliphatic heterocycles. The summed E-state index contributed by atoms with van der Waals surface area (Å²) in [4.78, 5) is 4.77. The number of benzene rings is 4. The lowest BCUT2D eigenvalue weighted by Gasteiger charge is -2.15. The van der Waals surface area contributed by atoms with Crippen LogP contribution in [0.2, 0.25) is 0 Å². The van der Waals surface area contributed by atoms with Crippen molar-refractivity contribution in [3.05, 3.63) is 90.6 Å². The van der Waals surface area contributed by atoms with Gasteiger partial charge in [-0.2, -0.15) is 0 Å². The summed E-state index contributed by atoms with van der Waals surface area (Å²) in [7, 11) is 0. The van der Waals surface area contributed by atoms with Crippen molar-refractivity contribution in [2.45, 2.75) is 6.92 Å². The van der Waals surface area contributed by atoms with E-state index in [1.54, 1.807) is 0 Å². The molecule has 0 bridgehead atoms. The van der Waals surface area contributed by atoms with Crippen LogP contribution in [0, 0.1) is 6.92 Å². The minimum atomic E-state index is 1.00. The molecule has 2 nitrogen and oxygen atoms in total. The first kappa shape index (κ1) is 14.9. The molecule has 0 aliphatic rings. The van der Waals surface area contributed by atoms with E-state index in [0.29, 0.717) is 0 Å². The second-order valence-electron chi connectivity index (χ2n) is 6.65. The fourth-order valence-electron chi connectivity index (χ4n) is 3.63. The average molecular weight is 334 g/mol. The number of rotatable bonds is 2. The van der Waals surface area contributed by atoms with Crippen LogP contribution in [0.3, 0.4) is 0 Å². The molecule has 4 aromatic carbocycles. The highest BCUT2D eigenvalue weighted by atomic mass is 14.9. The Kier molecular flexibility index (Phi) is 3.36. The van der Waals surface area contributed by atoms with Gasteiger partial charge in [0, 0.05) is 21.9 Å². The molecule has 1 aromatic heterocycles. The maximum absolute atomic E-state index is 4.77. The first-order chi connectivity index (χ1) is 12.8. The van der Waals surface area contributed by atoms with Crippen LogP contribution in [-0.2, 0) is 0 Å². The third kappa shape index (κ3) is 2.39. The maximum Gasteiger partial charge on any atom is 0.0939 e. The summed E-state index contributed by atoms with van der Waals surface area (Å²) in [6.45, 7) is 2.03. The first-order valence-corrected chi connectivity index (χ1v) is 8.83. The summed E-state index contributed by atoms with van der Waals surface area (Å²) < 4.78 is 0. The summed E-state index contributed by atoms with van der Waals surface area (Å²) >= 11 is 0. The van der Waals surface area contributed by atoms with Gasteiger partial charge in [-0.15, -0.1) is 0 Å². The lowest BCUT2D eigenvalue weighted by atomic mass is 10.0. The Morgan fingerprint density at radius 1 is 0.654 bits per heavy atom. The van der Waals surface area contributed by atoms with Crippen LogP contribution in [0.1, 0.15) is 5.69 Å². The van der Waals surface area contributed by atoms with Gasteiger partial charge in [-0.1, -0.05) is 66.7 Å². The summed E-state index contributed by atoms with van der Waals surface area (Å²) in [5.74, 6) is 0. The molecule has 26 heavy (non-hydrogen) atoms. The van der Waals surface area contributed by atoms with Crippen LogP contribution in [-0.4, -0.2) is 4.98 Å².